The van der Waals surface area contributed by atoms with Crippen LogP contribution in [0, 0.1) is 0 Å². The highest BCUT2D eigenvalue weighted by molar-refractivity contribution is 7.90. The average molecular weight is 516 g/mol. The zero-order valence-electron chi connectivity index (χ0n) is 20.9. The average Bonchev–Trinajstić information content (AvgIpc) is 3.07. The molecule has 3 rings (SSSR count). The standard InChI is InChI=1S/C26H33N3O6S/c1-4-5-16-27-25(31)19(2)28(18-20-12-14-21(35-3)15-13-20)24(30)11-8-17-29-26(32)22-9-6-7-10-23(22)36(29,33)34/h6-7,9-10,12-15,19H,4-5,8,11,16-18H2,1-3H3,(H,27,31)/t19-/m0/s1. The van der Waals surface area contributed by atoms with Crippen molar-refractivity contribution in [3.05, 3.63) is 59.7 Å². The van der Waals surface area contributed by atoms with Gasteiger partial charge in [0.05, 0.1) is 12.7 Å². The molecule has 1 aliphatic rings. The summed E-state index contributed by atoms with van der Waals surface area (Å²) in [6.45, 7) is 4.32. The maximum Gasteiger partial charge on any atom is 0.269 e. The molecule has 2 aromatic rings. The minimum Gasteiger partial charge on any atom is -0.497 e. The van der Waals surface area contributed by atoms with Crippen molar-refractivity contribution in [2.45, 2.75) is 57.0 Å². The van der Waals surface area contributed by atoms with E-state index >= 15 is 0 Å². The smallest absolute Gasteiger partial charge is 0.269 e. The summed E-state index contributed by atoms with van der Waals surface area (Å²) in [4.78, 5) is 40.1. The van der Waals surface area contributed by atoms with Gasteiger partial charge >= 0.3 is 0 Å². The van der Waals surface area contributed by atoms with Crippen LogP contribution in [0.5, 0.6) is 5.75 Å². The lowest BCUT2D eigenvalue weighted by molar-refractivity contribution is -0.140. The predicted octanol–water partition coefficient (Wildman–Crippen LogP) is 2.95. The Morgan fingerprint density at radius 2 is 1.78 bits per heavy atom. The lowest BCUT2D eigenvalue weighted by atomic mass is 10.1. The fourth-order valence-corrected chi connectivity index (χ4v) is 5.62. The number of nitrogens with one attached hydrogen (secondary N) is 1. The second-order valence-corrected chi connectivity index (χ2v) is 10.5. The summed E-state index contributed by atoms with van der Waals surface area (Å²) in [7, 11) is -2.36. The summed E-state index contributed by atoms with van der Waals surface area (Å²) in [6.07, 6.45) is 1.90. The number of ether oxygens (including phenoxy) is 1. The van der Waals surface area contributed by atoms with Gasteiger partial charge in [0.25, 0.3) is 15.9 Å². The molecule has 0 unspecified atom stereocenters. The second-order valence-electron chi connectivity index (χ2n) is 8.67. The van der Waals surface area contributed by atoms with Gasteiger partial charge in [0.2, 0.25) is 11.8 Å². The Labute approximate surface area is 212 Å². The van der Waals surface area contributed by atoms with Gasteiger partial charge in [-0.3, -0.25) is 14.4 Å². The third-order valence-corrected chi connectivity index (χ3v) is 8.01. The Bertz CT molecular complexity index is 1200. The molecule has 194 valence electrons. The molecule has 0 spiro atoms. The van der Waals surface area contributed by atoms with E-state index in [2.05, 4.69) is 5.32 Å². The van der Waals surface area contributed by atoms with Crippen LogP contribution in [-0.2, 0) is 26.2 Å². The van der Waals surface area contributed by atoms with E-state index in [0.717, 1.165) is 22.7 Å². The number of hydrogen-bond donors (Lipinski definition) is 1. The van der Waals surface area contributed by atoms with Gasteiger partial charge < -0.3 is 15.0 Å². The van der Waals surface area contributed by atoms with Gasteiger partial charge in [-0.05, 0) is 49.6 Å². The molecular weight excluding hydrogens is 482 g/mol. The van der Waals surface area contributed by atoms with Crippen molar-refractivity contribution in [3.8, 4) is 5.75 Å². The van der Waals surface area contributed by atoms with Crippen molar-refractivity contribution in [1.82, 2.24) is 14.5 Å². The Morgan fingerprint density at radius 3 is 2.42 bits per heavy atom. The molecule has 0 saturated carbocycles. The number of hydrogen-bond acceptors (Lipinski definition) is 6. The summed E-state index contributed by atoms with van der Waals surface area (Å²) in [5, 5.41) is 2.87. The highest BCUT2D eigenvalue weighted by atomic mass is 32.2. The van der Waals surface area contributed by atoms with Crippen LogP contribution in [0.2, 0.25) is 0 Å². The van der Waals surface area contributed by atoms with Crippen LogP contribution >= 0.6 is 0 Å². The van der Waals surface area contributed by atoms with Crippen molar-refractivity contribution < 1.29 is 27.5 Å². The number of fused-ring (bicyclic) bond motifs is 1. The van der Waals surface area contributed by atoms with E-state index in [-0.39, 0.29) is 48.2 Å². The fraction of sp³-hybridized carbons (Fsp3) is 0.423. The van der Waals surface area contributed by atoms with E-state index in [4.69, 9.17) is 4.74 Å². The molecule has 0 bridgehead atoms. The van der Waals surface area contributed by atoms with Crippen molar-refractivity contribution in [2.24, 2.45) is 0 Å². The Kier molecular flexibility index (Phi) is 9.08. The minimum absolute atomic E-state index is 0.0140. The fourth-order valence-electron chi connectivity index (χ4n) is 4.02. The number of unbranched alkanes of at least 4 members (excludes halogenated alkanes) is 1. The third kappa shape index (κ3) is 6.04. The monoisotopic (exact) mass is 515 g/mol. The molecule has 0 aliphatic carbocycles. The topological polar surface area (TPSA) is 113 Å². The molecule has 1 atom stereocenters. The van der Waals surface area contributed by atoms with E-state index in [0.29, 0.717) is 12.3 Å². The summed E-state index contributed by atoms with van der Waals surface area (Å²) in [5.74, 6) is -0.458. The Hall–Kier alpha value is -3.40. The van der Waals surface area contributed by atoms with Crippen molar-refractivity contribution in [2.75, 3.05) is 20.2 Å². The van der Waals surface area contributed by atoms with Gasteiger partial charge in [-0.25, -0.2) is 12.7 Å². The number of methoxy groups -OCH3 is 1. The lowest BCUT2D eigenvalue weighted by Gasteiger charge is -2.29. The zero-order chi connectivity index (χ0) is 26.3. The first-order valence-corrected chi connectivity index (χ1v) is 13.5. The first-order chi connectivity index (χ1) is 17.2. The minimum atomic E-state index is -3.93. The highest BCUT2D eigenvalue weighted by Gasteiger charge is 2.40. The maximum absolute atomic E-state index is 13.2. The van der Waals surface area contributed by atoms with Crippen LogP contribution in [-0.4, -0.2) is 61.6 Å². The first kappa shape index (κ1) is 27.2. The van der Waals surface area contributed by atoms with Gasteiger partial charge in [0.1, 0.15) is 16.7 Å². The summed E-state index contributed by atoms with van der Waals surface area (Å²) in [5.41, 5.74) is 0.965. The lowest BCUT2D eigenvalue weighted by Crippen LogP contribution is -2.47. The number of amides is 3. The molecule has 9 nitrogen and oxygen atoms in total. The van der Waals surface area contributed by atoms with E-state index in [9.17, 15) is 22.8 Å². The summed E-state index contributed by atoms with van der Waals surface area (Å²) in [6, 6.07) is 12.6. The molecular formula is C26H33N3O6S. The Balaban J connectivity index is 1.69. The quantitative estimate of drug-likeness (QED) is 0.435. The second kappa shape index (κ2) is 12.0. The third-order valence-electron chi connectivity index (χ3n) is 6.17. The van der Waals surface area contributed by atoms with Crippen LogP contribution in [0.3, 0.4) is 0 Å². The van der Waals surface area contributed by atoms with E-state index in [1.54, 1.807) is 38.3 Å². The van der Waals surface area contributed by atoms with Gasteiger partial charge in [0.15, 0.2) is 0 Å². The van der Waals surface area contributed by atoms with Crippen LogP contribution in [0.4, 0.5) is 0 Å². The SMILES string of the molecule is CCCCNC(=O)[C@H](C)N(Cc1ccc(OC)cc1)C(=O)CCCN1C(=O)c2ccccc2S1(=O)=O. The molecule has 36 heavy (non-hydrogen) atoms. The number of carbonyl (C=O) groups is 3. The summed E-state index contributed by atoms with van der Waals surface area (Å²) < 4.78 is 31.5. The molecule has 1 N–H and O–H groups in total. The van der Waals surface area contributed by atoms with Gasteiger partial charge in [-0.2, -0.15) is 0 Å². The van der Waals surface area contributed by atoms with Crippen molar-refractivity contribution >= 4 is 27.7 Å². The highest BCUT2D eigenvalue weighted by Crippen LogP contribution is 2.30. The first-order valence-electron chi connectivity index (χ1n) is 12.1. The summed E-state index contributed by atoms with van der Waals surface area (Å²) >= 11 is 0. The maximum atomic E-state index is 13.2. The molecule has 2 aromatic carbocycles. The number of rotatable bonds is 12. The van der Waals surface area contributed by atoms with E-state index < -0.39 is 22.0 Å². The molecule has 0 radical (unpaired) electrons. The van der Waals surface area contributed by atoms with E-state index in [1.807, 2.05) is 19.1 Å². The molecule has 0 fully saturated rings. The van der Waals surface area contributed by atoms with Crippen LogP contribution in [0.15, 0.2) is 53.4 Å². The molecule has 0 aromatic heterocycles. The van der Waals surface area contributed by atoms with Crippen molar-refractivity contribution in [3.63, 3.8) is 0 Å². The normalized spacial score (nSPS) is 14.8. The van der Waals surface area contributed by atoms with Gasteiger partial charge in [-0.15, -0.1) is 0 Å². The number of benzene rings is 2. The molecule has 3 amide bonds. The number of nitrogens with zero attached hydrogens (tertiary/aromatic N) is 2. The van der Waals surface area contributed by atoms with Crippen molar-refractivity contribution in [1.29, 1.82) is 0 Å². The van der Waals surface area contributed by atoms with Crippen LogP contribution in [0.1, 0.15) is 55.5 Å². The number of sulfonamides is 1. The molecule has 1 heterocycles. The van der Waals surface area contributed by atoms with Crippen LogP contribution in [0.25, 0.3) is 0 Å². The molecule has 1 aliphatic heterocycles. The van der Waals surface area contributed by atoms with E-state index in [1.165, 1.54) is 17.0 Å². The predicted molar refractivity (Wildman–Crippen MR) is 135 cm³/mol. The molecule has 0 saturated heterocycles. The Morgan fingerprint density at radius 1 is 1.08 bits per heavy atom. The molecule has 10 heteroatoms. The number of carbonyl (C=O) groups excluding carboxylic acids is 3. The largest absolute Gasteiger partial charge is 0.497 e. The zero-order valence-corrected chi connectivity index (χ0v) is 21.7. The van der Waals surface area contributed by atoms with Gasteiger partial charge in [0, 0.05) is 26.1 Å². The van der Waals surface area contributed by atoms with Gasteiger partial charge in [-0.1, -0.05) is 37.6 Å². The van der Waals surface area contributed by atoms with Crippen LogP contribution < -0.4 is 10.1 Å².